The van der Waals surface area contributed by atoms with Gasteiger partial charge in [-0.3, -0.25) is 0 Å². The largest absolute Gasteiger partial charge is 0.353 e. The zero-order chi connectivity index (χ0) is 24.6. The third-order valence-electron chi connectivity index (χ3n) is 6.56. The summed E-state index contributed by atoms with van der Waals surface area (Å²) in [7, 11) is 0. The number of fused-ring (bicyclic) bond motifs is 1. The lowest BCUT2D eigenvalue weighted by Crippen LogP contribution is -2.47. The zero-order valence-electron chi connectivity index (χ0n) is 20.3. The van der Waals surface area contributed by atoms with Crippen LogP contribution in [0.15, 0.2) is 60.8 Å². The summed E-state index contributed by atoms with van der Waals surface area (Å²) in [4.78, 5) is 9.41. The Hall–Kier alpha value is -2.89. The van der Waals surface area contributed by atoms with Gasteiger partial charge in [0.05, 0.1) is 5.69 Å². The van der Waals surface area contributed by atoms with Crippen LogP contribution >= 0.6 is 23.2 Å². The molecule has 2 aromatic carbocycles. The summed E-state index contributed by atoms with van der Waals surface area (Å²) in [6.45, 7) is 10.1. The number of aromatic nitrogens is 3. The second kappa shape index (κ2) is 9.63. The lowest BCUT2D eigenvalue weighted by Gasteiger charge is -2.36. The molecule has 1 fully saturated rings. The van der Waals surface area contributed by atoms with E-state index in [2.05, 4.69) is 71.1 Å². The van der Waals surface area contributed by atoms with Gasteiger partial charge in [0, 0.05) is 59.6 Å². The lowest BCUT2D eigenvalue weighted by molar-refractivity contribution is 0.586. The molecule has 5 rings (SSSR count). The van der Waals surface area contributed by atoms with Gasteiger partial charge in [-0.25, -0.2) is 4.98 Å². The van der Waals surface area contributed by atoms with Crippen molar-refractivity contribution >= 4 is 45.6 Å². The van der Waals surface area contributed by atoms with Crippen molar-refractivity contribution in [1.82, 2.24) is 15.2 Å². The van der Waals surface area contributed by atoms with Crippen molar-refractivity contribution < 1.29 is 0 Å². The van der Waals surface area contributed by atoms with Crippen LogP contribution in [0.25, 0.3) is 10.8 Å². The molecule has 3 heterocycles. The second-order valence-corrected chi connectivity index (χ2v) is 11.0. The maximum atomic E-state index is 6.21. The van der Waals surface area contributed by atoms with Crippen molar-refractivity contribution in [3.63, 3.8) is 0 Å². The molecule has 35 heavy (non-hydrogen) atoms. The molecule has 180 valence electrons. The van der Waals surface area contributed by atoms with Crippen molar-refractivity contribution in [1.29, 1.82) is 0 Å². The number of benzene rings is 2. The third kappa shape index (κ3) is 5.21. The molecule has 0 atom stereocenters. The highest BCUT2D eigenvalue weighted by molar-refractivity contribution is 6.34. The molecular weight excluding hydrogens is 477 g/mol. The van der Waals surface area contributed by atoms with Crippen LogP contribution in [0, 0.1) is 0 Å². The Morgan fingerprint density at radius 2 is 1.46 bits per heavy atom. The molecule has 4 aromatic rings. The van der Waals surface area contributed by atoms with E-state index in [0.29, 0.717) is 16.5 Å². The molecule has 7 heteroatoms. The van der Waals surface area contributed by atoms with Crippen LogP contribution in [0.4, 0.5) is 11.6 Å². The van der Waals surface area contributed by atoms with Crippen molar-refractivity contribution in [2.45, 2.75) is 32.6 Å². The van der Waals surface area contributed by atoms with E-state index in [-0.39, 0.29) is 5.41 Å². The van der Waals surface area contributed by atoms with Crippen molar-refractivity contribution in [3.8, 4) is 0 Å². The summed E-state index contributed by atoms with van der Waals surface area (Å²) >= 11 is 12.4. The van der Waals surface area contributed by atoms with Crippen LogP contribution in [0.5, 0.6) is 0 Å². The van der Waals surface area contributed by atoms with Crippen LogP contribution in [0.1, 0.15) is 37.6 Å². The smallest absolute Gasteiger partial charge is 0.159 e. The first kappa shape index (κ1) is 23.8. The lowest BCUT2D eigenvalue weighted by atomic mass is 9.88. The van der Waals surface area contributed by atoms with Crippen LogP contribution < -0.4 is 9.80 Å². The van der Waals surface area contributed by atoms with Gasteiger partial charge in [-0.1, -0.05) is 74.3 Å². The van der Waals surface area contributed by atoms with E-state index >= 15 is 0 Å². The fourth-order valence-electron chi connectivity index (χ4n) is 4.58. The molecule has 5 nitrogen and oxygen atoms in total. The van der Waals surface area contributed by atoms with E-state index in [0.717, 1.165) is 59.8 Å². The molecule has 0 bridgehead atoms. The Balaban J connectivity index is 1.35. The average molecular weight is 506 g/mol. The van der Waals surface area contributed by atoms with Crippen molar-refractivity contribution in [3.05, 3.63) is 87.7 Å². The Bertz CT molecular complexity index is 1320. The summed E-state index contributed by atoms with van der Waals surface area (Å²) in [5.74, 6) is 1.97. The SMILES string of the molecule is CC(C)(C)c1ccc(N2CCN(c3nnc(Cc4cc(Cl)cc(Cl)c4)c4ccccc34)CC2)nc1. The molecule has 1 aliphatic rings. The molecular formula is C28H29Cl2N5. The van der Waals surface area contributed by atoms with Crippen LogP contribution in [-0.2, 0) is 11.8 Å². The molecule has 0 unspecified atom stereocenters. The number of anilines is 2. The van der Waals surface area contributed by atoms with E-state index in [1.54, 1.807) is 6.07 Å². The van der Waals surface area contributed by atoms with Gasteiger partial charge in [0.2, 0.25) is 0 Å². The van der Waals surface area contributed by atoms with E-state index in [1.807, 2.05) is 24.4 Å². The Labute approximate surface area is 216 Å². The fraction of sp³-hybridized carbons (Fsp3) is 0.321. The van der Waals surface area contributed by atoms with Crippen LogP contribution in [0.3, 0.4) is 0 Å². The summed E-state index contributed by atoms with van der Waals surface area (Å²) in [6.07, 6.45) is 2.63. The molecule has 0 radical (unpaired) electrons. The highest BCUT2D eigenvalue weighted by atomic mass is 35.5. The maximum absolute atomic E-state index is 6.21. The predicted octanol–water partition coefficient (Wildman–Crippen LogP) is 6.55. The van der Waals surface area contributed by atoms with E-state index in [1.165, 1.54) is 5.56 Å². The standard InChI is InChI=1S/C28H29Cl2N5/c1-28(2,3)20-8-9-26(31-18-20)34-10-12-35(13-11-34)27-24-7-5-4-6-23(24)25(32-33-27)16-19-14-21(29)17-22(30)15-19/h4-9,14-15,17-18H,10-13,16H2,1-3H3. The Kier molecular flexibility index (Phi) is 6.56. The van der Waals surface area contributed by atoms with Gasteiger partial charge < -0.3 is 9.80 Å². The highest BCUT2D eigenvalue weighted by Gasteiger charge is 2.23. The second-order valence-electron chi connectivity index (χ2n) is 10.1. The van der Waals surface area contributed by atoms with E-state index in [4.69, 9.17) is 28.2 Å². The minimum Gasteiger partial charge on any atom is -0.353 e. The van der Waals surface area contributed by atoms with Crippen LogP contribution in [-0.4, -0.2) is 41.4 Å². The van der Waals surface area contributed by atoms with Gasteiger partial charge in [-0.15, -0.1) is 5.10 Å². The van der Waals surface area contributed by atoms with Crippen LogP contribution in [0.2, 0.25) is 10.0 Å². The topological polar surface area (TPSA) is 45.2 Å². The number of hydrogen-bond acceptors (Lipinski definition) is 5. The fourth-order valence-corrected chi connectivity index (χ4v) is 5.15. The normalized spacial score (nSPS) is 14.5. The van der Waals surface area contributed by atoms with E-state index < -0.39 is 0 Å². The summed E-state index contributed by atoms with van der Waals surface area (Å²) in [5.41, 5.74) is 3.30. The number of halogens is 2. The Morgan fingerprint density at radius 1 is 0.800 bits per heavy atom. The van der Waals surface area contributed by atoms with Gasteiger partial charge in [-0.2, -0.15) is 5.10 Å². The molecule has 0 N–H and O–H groups in total. The molecule has 0 spiro atoms. The molecule has 0 amide bonds. The molecule has 0 saturated carbocycles. The number of pyridine rings is 1. The minimum absolute atomic E-state index is 0.106. The first-order valence-corrected chi connectivity index (χ1v) is 12.7. The number of nitrogens with zero attached hydrogens (tertiary/aromatic N) is 5. The zero-order valence-corrected chi connectivity index (χ0v) is 21.8. The number of piperazine rings is 1. The molecule has 1 aliphatic heterocycles. The first-order chi connectivity index (χ1) is 16.8. The summed E-state index contributed by atoms with van der Waals surface area (Å²) in [6, 6.07) is 18.3. The highest BCUT2D eigenvalue weighted by Crippen LogP contribution is 2.30. The van der Waals surface area contributed by atoms with Gasteiger partial charge in [0.1, 0.15) is 5.82 Å². The first-order valence-electron chi connectivity index (χ1n) is 11.9. The minimum atomic E-state index is 0.106. The third-order valence-corrected chi connectivity index (χ3v) is 6.99. The Morgan fingerprint density at radius 3 is 2.09 bits per heavy atom. The number of hydrogen-bond donors (Lipinski definition) is 0. The monoisotopic (exact) mass is 505 g/mol. The van der Waals surface area contributed by atoms with Gasteiger partial charge in [0.15, 0.2) is 5.82 Å². The van der Waals surface area contributed by atoms with Gasteiger partial charge in [-0.05, 0) is 40.8 Å². The summed E-state index contributed by atoms with van der Waals surface area (Å²) in [5, 5.41) is 12.8. The van der Waals surface area contributed by atoms with Crippen molar-refractivity contribution in [2.24, 2.45) is 0 Å². The average Bonchev–Trinajstić information content (AvgIpc) is 2.83. The molecule has 1 saturated heterocycles. The van der Waals surface area contributed by atoms with Gasteiger partial charge >= 0.3 is 0 Å². The summed E-state index contributed by atoms with van der Waals surface area (Å²) < 4.78 is 0. The van der Waals surface area contributed by atoms with Gasteiger partial charge in [0.25, 0.3) is 0 Å². The predicted molar refractivity (Wildman–Crippen MR) is 146 cm³/mol. The van der Waals surface area contributed by atoms with E-state index in [9.17, 15) is 0 Å². The quantitative estimate of drug-likeness (QED) is 0.314. The van der Waals surface area contributed by atoms with Crippen molar-refractivity contribution in [2.75, 3.05) is 36.0 Å². The molecule has 0 aliphatic carbocycles. The maximum Gasteiger partial charge on any atom is 0.159 e. The molecule has 2 aromatic heterocycles. The number of rotatable bonds is 4.